The monoisotopic (exact) mass is 187 g/mol. The van der Waals surface area contributed by atoms with Crippen LogP contribution in [0.2, 0.25) is 0 Å². The van der Waals surface area contributed by atoms with Gasteiger partial charge in [0, 0.05) is 6.42 Å². The van der Waals surface area contributed by atoms with Crippen LogP contribution < -0.4 is 0 Å². The smallest absolute Gasteiger partial charge is 0.101 e. The van der Waals surface area contributed by atoms with Crippen molar-refractivity contribution in [2.75, 3.05) is 0 Å². The van der Waals surface area contributed by atoms with E-state index in [1.54, 1.807) is 0 Å². The van der Waals surface area contributed by atoms with Gasteiger partial charge in [-0.25, -0.2) is 0 Å². The van der Waals surface area contributed by atoms with Crippen LogP contribution in [0.5, 0.6) is 0 Å². The lowest BCUT2D eigenvalue weighted by Gasteiger charge is -2.11. The van der Waals surface area contributed by atoms with Crippen molar-refractivity contribution in [2.45, 2.75) is 10.8 Å². The SMILES string of the molecule is [CH2]C(Cl)(Cl)Cc1ccccc1. The molecule has 0 atom stereocenters. The first kappa shape index (κ1) is 8.89. The first-order valence-corrected chi connectivity index (χ1v) is 4.11. The minimum atomic E-state index is -0.901. The maximum Gasteiger partial charge on any atom is 0.122 e. The highest BCUT2D eigenvalue weighted by molar-refractivity contribution is 6.49. The number of rotatable bonds is 2. The topological polar surface area (TPSA) is 0 Å². The molecule has 0 aliphatic heterocycles. The predicted octanol–water partition coefficient (Wildman–Crippen LogP) is 3.24. The summed E-state index contributed by atoms with van der Waals surface area (Å²) in [6, 6.07) is 9.82. The van der Waals surface area contributed by atoms with Crippen LogP contribution in [0.1, 0.15) is 5.56 Å². The molecule has 1 radical (unpaired) electrons. The second-order valence-electron chi connectivity index (χ2n) is 2.52. The van der Waals surface area contributed by atoms with E-state index in [-0.39, 0.29) is 0 Å². The lowest BCUT2D eigenvalue weighted by atomic mass is 10.1. The Hall–Kier alpha value is -0.200. The maximum absolute atomic E-state index is 5.72. The molecule has 59 valence electrons. The average molecular weight is 188 g/mol. The molecule has 11 heavy (non-hydrogen) atoms. The van der Waals surface area contributed by atoms with Crippen LogP contribution in [0, 0.1) is 6.92 Å². The van der Waals surface area contributed by atoms with Gasteiger partial charge in [0.2, 0.25) is 0 Å². The fourth-order valence-corrected chi connectivity index (χ4v) is 1.20. The molecular formula is C9H9Cl2. The lowest BCUT2D eigenvalue weighted by Crippen LogP contribution is -2.10. The van der Waals surface area contributed by atoms with E-state index in [0.717, 1.165) is 5.56 Å². The van der Waals surface area contributed by atoms with Gasteiger partial charge < -0.3 is 0 Å². The summed E-state index contributed by atoms with van der Waals surface area (Å²) in [5, 5.41) is 0. The molecule has 0 aliphatic carbocycles. The Morgan fingerprint density at radius 3 is 2.18 bits per heavy atom. The summed E-state index contributed by atoms with van der Waals surface area (Å²) in [7, 11) is 0. The van der Waals surface area contributed by atoms with Crippen molar-refractivity contribution in [1.29, 1.82) is 0 Å². The van der Waals surface area contributed by atoms with Gasteiger partial charge >= 0.3 is 0 Å². The second kappa shape index (κ2) is 3.46. The van der Waals surface area contributed by atoms with Gasteiger partial charge in [-0.15, -0.1) is 23.2 Å². The highest BCUT2D eigenvalue weighted by atomic mass is 35.5. The van der Waals surface area contributed by atoms with E-state index >= 15 is 0 Å². The molecule has 0 N–H and O–H groups in total. The minimum absolute atomic E-state index is 0.580. The molecule has 0 unspecified atom stereocenters. The quantitative estimate of drug-likeness (QED) is 0.625. The summed E-state index contributed by atoms with van der Waals surface area (Å²) < 4.78 is -0.901. The van der Waals surface area contributed by atoms with Crippen LogP contribution in [0.15, 0.2) is 30.3 Å². The molecule has 0 aromatic heterocycles. The minimum Gasteiger partial charge on any atom is -0.101 e. The zero-order chi connectivity index (χ0) is 8.32. The number of benzene rings is 1. The van der Waals surface area contributed by atoms with E-state index in [4.69, 9.17) is 23.2 Å². The molecule has 0 saturated carbocycles. The normalized spacial score (nSPS) is 11.5. The Morgan fingerprint density at radius 2 is 1.73 bits per heavy atom. The number of hydrogen-bond acceptors (Lipinski definition) is 0. The van der Waals surface area contributed by atoms with E-state index in [0.29, 0.717) is 6.42 Å². The standard InChI is InChI=1S/C9H9Cl2/c1-9(10,11)7-8-5-3-2-4-6-8/h2-6H,1,7H2. The van der Waals surface area contributed by atoms with E-state index in [9.17, 15) is 0 Å². The van der Waals surface area contributed by atoms with E-state index < -0.39 is 4.33 Å². The van der Waals surface area contributed by atoms with Crippen LogP contribution >= 0.6 is 23.2 Å². The van der Waals surface area contributed by atoms with Crippen molar-refractivity contribution >= 4 is 23.2 Å². The van der Waals surface area contributed by atoms with Gasteiger partial charge in [0.25, 0.3) is 0 Å². The molecule has 1 rings (SSSR count). The van der Waals surface area contributed by atoms with Crippen molar-refractivity contribution < 1.29 is 0 Å². The van der Waals surface area contributed by atoms with Gasteiger partial charge in [-0.1, -0.05) is 30.3 Å². The summed E-state index contributed by atoms with van der Waals surface area (Å²) in [6.45, 7) is 3.60. The highest BCUT2D eigenvalue weighted by Crippen LogP contribution is 2.23. The summed E-state index contributed by atoms with van der Waals surface area (Å²) in [5.41, 5.74) is 1.10. The van der Waals surface area contributed by atoms with Crippen molar-refractivity contribution in [2.24, 2.45) is 0 Å². The van der Waals surface area contributed by atoms with Crippen molar-refractivity contribution in [3.8, 4) is 0 Å². The fraction of sp³-hybridized carbons (Fsp3) is 0.222. The number of alkyl halides is 2. The predicted molar refractivity (Wildman–Crippen MR) is 49.9 cm³/mol. The largest absolute Gasteiger partial charge is 0.122 e. The van der Waals surface area contributed by atoms with Crippen LogP contribution in [0.25, 0.3) is 0 Å². The van der Waals surface area contributed by atoms with Gasteiger partial charge in [0.05, 0.1) is 0 Å². The van der Waals surface area contributed by atoms with E-state index in [1.165, 1.54) is 0 Å². The third-order valence-electron chi connectivity index (χ3n) is 1.31. The molecule has 1 aromatic carbocycles. The maximum atomic E-state index is 5.72. The van der Waals surface area contributed by atoms with Crippen molar-refractivity contribution in [1.82, 2.24) is 0 Å². The van der Waals surface area contributed by atoms with Crippen LogP contribution in [-0.2, 0) is 6.42 Å². The first-order valence-electron chi connectivity index (χ1n) is 3.35. The third-order valence-corrected chi connectivity index (χ3v) is 1.57. The zero-order valence-corrected chi connectivity index (χ0v) is 7.57. The molecule has 0 spiro atoms. The van der Waals surface area contributed by atoms with Crippen LogP contribution in [0.3, 0.4) is 0 Å². The molecule has 0 heterocycles. The van der Waals surface area contributed by atoms with Crippen molar-refractivity contribution in [3.63, 3.8) is 0 Å². The van der Waals surface area contributed by atoms with Crippen molar-refractivity contribution in [3.05, 3.63) is 42.8 Å². The Kier molecular flexibility index (Phi) is 2.80. The van der Waals surface area contributed by atoms with Gasteiger partial charge in [-0.3, -0.25) is 0 Å². The number of hydrogen-bond donors (Lipinski definition) is 0. The third kappa shape index (κ3) is 3.64. The summed E-state index contributed by atoms with van der Waals surface area (Å²) >= 11 is 11.4. The zero-order valence-electron chi connectivity index (χ0n) is 6.06. The molecular weight excluding hydrogens is 179 g/mol. The molecule has 0 fully saturated rings. The molecule has 0 aliphatic rings. The molecule has 0 nitrogen and oxygen atoms in total. The van der Waals surface area contributed by atoms with E-state index in [2.05, 4.69) is 6.92 Å². The molecule has 2 heteroatoms. The summed E-state index contributed by atoms with van der Waals surface area (Å²) in [4.78, 5) is 0. The molecule has 0 amide bonds. The summed E-state index contributed by atoms with van der Waals surface area (Å²) in [5.74, 6) is 0. The lowest BCUT2D eigenvalue weighted by molar-refractivity contribution is 0.932. The summed E-state index contributed by atoms with van der Waals surface area (Å²) in [6.07, 6.45) is 0.580. The van der Waals surface area contributed by atoms with Gasteiger partial charge in [-0.2, -0.15) is 0 Å². The first-order chi connectivity index (χ1) is 5.08. The van der Waals surface area contributed by atoms with Gasteiger partial charge in [0.1, 0.15) is 4.33 Å². The van der Waals surface area contributed by atoms with Crippen LogP contribution in [-0.4, -0.2) is 4.33 Å². The van der Waals surface area contributed by atoms with Gasteiger partial charge in [-0.05, 0) is 12.5 Å². The second-order valence-corrected chi connectivity index (χ2v) is 4.16. The molecule has 0 saturated heterocycles. The highest BCUT2D eigenvalue weighted by Gasteiger charge is 2.16. The fourth-order valence-electron chi connectivity index (χ4n) is 0.895. The van der Waals surface area contributed by atoms with E-state index in [1.807, 2.05) is 30.3 Å². The number of halogens is 2. The average Bonchev–Trinajstić information content (AvgIpc) is 1.85. The van der Waals surface area contributed by atoms with Gasteiger partial charge in [0.15, 0.2) is 0 Å². The molecule has 0 bridgehead atoms. The Morgan fingerprint density at radius 1 is 1.18 bits per heavy atom. The Labute approximate surface area is 77.1 Å². The van der Waals surface area contributed by atoms with Crippen LogP contribution in [0.4, 0.5) is 0 Å². The molecule has 1 aromatic rings. The Balaban J connectivity index is 2.66. The Bertz CT molecular complexity index is 211.